The first-order valence-corrected chi connectivity index (χ1v) is 6.00. The second-order valence-corrected chi connectivity index (χ2v) is 4.64. The molecule has 7 nitrogen and oxygen atoms in total. The molecule has 0 aromatic heterocycles. The molecule has 1 aromatic rings. The normalized spacial score (nSPS) is 19.5. The second-order valence-electron chi connectivity index (χ2n) is 4.64. The molecule has 0 unspecified atom stereocenters. The summed E-state index contributed by atoms with van der Waals surface area (Å²) in [7, 11) is 1.79. The molecule has 0 bridgehead atoms. The quantitative estimate of drug-likeness (QED) is 0.644. The number of nitro benzene ring substituents is 1. The van der Waals surface area contributed by atoms with Crippen molar-refractivity contribution in [3.05, 3.63) is 34.1 Å². The first kappa shape index (κ1) is 14.2. The number of ether oxygens (including phenoxy) is 1. The highest BCUT2D eigenvalue weighted by Crippen LogP contribution is 2.23. The van der Waals surface area contributed by atoms with Gasteiger partial charge in [0.15, 0.2) is 11.6 Å². The Morgan fingerprint density at radius 1 is 1.60 bits per heavy atom. The minimum atomic E-state index is -0.675. The predicted molar refractivity (Wildman–Crippen MR) is 68.0 cm³/mol. The van der Waals surface area contributed by atoms with Crippen molar-refractivity contribution in [3.8, 4) is 5.75 Å². The van der Waals surface area contributed by atoms with Gasteiger partial charge in [0.25, 0.3) is 5.69 Å². The van der Waals surface area contributed by atoms with Crippen molar-refractivity contribution in [2.75, 3.05) is 26.7 Å². The molecular formula is C12H14FN3O4. The van der Waals surface area contributed by atoms with Gasteiger partial charge in [0.2, 0.25) is 5.91 Å². The van der Waals surface area contributed by atoms with Crippen LogP contribution in [-0.4, -0.2) is 48.5 Å². The molecule has 1 saturated heterocycles. The van der Waals surface area contributed by atoms with Crippen molar-refractivity contribution in [2.45, 2.75) is 6.04 Å². The number of amides is 1. The topological polar surface area (TPSA) is 84.7 Å². The molecule has 1 aliphatic heterocycles. The van der Waals surface area contributed by atoms with E-state index in [9.17, 15) is 19.3 Å². The Labute approximate surface area is 114 Å². The van der Waals surface area contributed by atoms with E-state index in [0.29, 0.717) is 13.1 Å². The Morgan fingerprint density at radius 3 is 3.00 bits per heavy atom. The highest BCUT2D eigenvalue weighted by atomic mass is 19.1. The lowest BCUT2D eigenvalue weighted by atomic mass is 10.2. The first-order valence-electron chi connectivity index (χ1n) is 6.00. The van der Waals surface area contributed by atoms with Crippen molar-refractivity contribution in [1.29, 1.82) is 0 Å². The molecule has 0 saturated carbocycles. The van der Waals surface area contributed by atoms with Crippen LogP contribution in [0, 0.1) is 15.9 Å². The van der Waals surface area contributed by atoms with Crippen molar-refractivity contribution >= 4 is 11.6 Å². The Balaban J connectivity index is 2.01. The molecular weight excluding hydrogens is 269 g/mol. The van der Waals surface area contributed by atoms with Crippen LogP contribution in [0.4, 0.5) is 10.1 Å². The lowest BCUT2D eigenvalue weighted by Crippen LogP contribution is -2.54. The Morgan fingerprint density at radius 2 is 2.35 bits per heavy atom. The number of nitro groups is 1. The molecule has 20 heavy (non-hydrogen) atoms. The highest BCUT2D eigenvalue weighted by Gasteiger charge is 2.23. The van der Waals surface area contributed by atoms with Crippen LogP contribution >= 0.6 is 0 Å². The molecule has 1 atom stereocenters. The van der Waals surface area contributed by atoms with Crippen LogP contribution < -0.4 is 10.1 Å². The van der Waals surface area contributed by atoms with E-state index < -0.39 is 10.7 Å². The zero-order valence-electron chi connectivity index (χ0n) is 10.8. The van der Waals surface area contributed by atoms with Gasteiger partial charge in [-0.1, -0.05) is 0 Å². The van der Waals surface area contributed by atoms with Crippen LogP contribution in [0.25, 0.3) is 0 Å². The van der Waals surface area contributed by atoms with Gasteiger partial charge >= 0.3 is 0 Å². The van der Waals surface area contributed by atoms with E-state index in [1.807, 2.05) is 4.90 Å². The van der Waals surface area contributed by atoms with Crippen molar-refractivity contribution in [2.24, 2.45) is 0 Å². The van der Waals surface area contributed by atoms with Crippen LogP contribution in [0.1, 0.15) is 0 Å². The van der Waals surface area contributed by atoms with Crippen LogP contribution in [0.3, 0.4) is 0 Å². The average molecular weight is 283 g/mol. The number of benzene rings is 1. The van der Waals surface area contributed by atoms with Crippen LogP contribution in [-0.2, 0) is 4.79 Å². The number of non-ortho nitro benzene ring substituents is 1. The first-order chi connectivity index (χ1) is 9.45. The number of rotatable bonds is 4. The number of piperazine rings is 1. The van der Waals surface area contributed by atoms with E-state index in [-0.39, 0.29) is 30.0 Å². The monoisotopic (exact) mass is 283 g/mol. The Bertz CT molecular complexity index is 537. The molecule has 0 spiro atoms. The smallest absolute Gasteiger partial charge is 0.273 e. The molecule has 1 fully saturated rings. The van der Waals surface area contributed by atoms with E-state index in [1.165, 1.54) is 0 Å². The van der Waals surface area contributed by atoms with Gasteiger partial charge < -0.3 is 10.1 Å². The average Bonchev–Trinajstić information content (AvgIpc) is 2.36. The molecule has 1 amide bonds. The summed E-state index contributed by atoms with van der Waals surface area (Å²) in [6, 6.07) is 2.81. The largest absolute Gasteiger partial charge is 0.488 e. The summed E-state index contributed by atoms with van der Waals surface area (Å²) in [5.41, 5.74) is -0.244. The fourth-order valence-electron chi connectivity index (χ4n) is 2.01. The SMILES string of the molecule is CN1CC(=O)N[C@@H](COc2cc([N+](=O)[O-])ccc2F)C1. The van der Waals surface area contributed by atoms with E-state index in [1.54, 1.807) is 7.05 Å². The number of halogens is 1. The molecule has 8 heteroatoms. The summed E-state index contributed by atoms with van der Waals surface area (Å²) in [6.45, 7) is 0.929. The number of nitrogens with one attached hydrogen (secondary N) is 1. The zero-order valence-corrected chi connectivity index (χ0v) is 10.8. The van der Waals surface area contributed by atoms with Gasteiger partial charge in [-0.25, -0.2) is 4.39 Å². The van der Waals surface area contributed by atoms with Crippen LogP contribution in [0.2, 0.25) is 0 Å². The number of carbonyl (C=O) groups excluding carboxylic acids is 1. The van der Waals surface area contributed by atoms with Gasteiger partial charge in [-0.05, 0) is 13.1 Å². The van der Waals surface area contributed by atoms with E-state index in [2.05, 4.69) is 5.32 Å². The van der Waals surface area contributed by atoms with Gasteiger partial charge in [0.05, 0.1) is 23.6 Å². The summed E-state index contributed by atoms with van der Waals surface area (Å²) in [6.07, 6.45) is 0. The second kappa shape index (κ2) is 5.83. The Kier molecular flexibility index (Phi) is 4.14. The van der Waals surface area contributed by atoms with Gasteiger partial charge in [0, 0.05) is 12.6 Å². The molecule has 2 rings (SSSR count). The zero-order chi connectivity index (χ0) is 14.7. The minimum Gasteiger partial charge on any atom is -0.488 e. The number of nitrogens with zero attached hydrogens (tertiary/aromatic N) is 2. The van der Waals surface area contributed by atoms with E-state index in [4.69, 9.17) is 4.74 Å². The van der Waals surface area contributed by atoms with Crippen LogP contribution in [0.15, 0.2) is 18.2 Å². The van der Waals surface area contributed by atoms with Gasteiger partial charge in [-0.3, -0.25) is 19.8 Å². The van der Waals surface area contributed by atoms with Crippen molar-refractivity contribution < 1.29 is 18.8 Å². The number of hydrogen-bond donors (Lipinski definition) is 1. The molecule has 1 aromatic carbocycles. The number of likely N-dealkylation sites (N-methyl/N-ethyl adjacent to an activating group) is 1. The summed E-state index contributed by atoms with van der Waals surface area (Å²) >= 11 is 0. The molecule has 108 valence electrons. The van der Waals surface area contributed by atoms with Crippen LogP contribution in [0.5, 0.6) is 5.75 Å². The molecule has 1 N–H and O–H groups in total. The third kappa shape index (κ3) is 3.41. The molecule has 0 radical (unpaired) electrons. The highest BCUT2D eigenvalue weighted by molar-refractivity contribution is 5.79. The lowest BCUT2D eigenvalue weighted by molar-refractivity contribution is -0.385. The maximum absolute atomic E-state index is 13.5. The Hall–Kier alpha value is -2.22. The standard InChI is InChI=1S/C12H14FN3O4/c1-15-5-8(14-12(17)6-15)7-20-11-4-9(16(18)19)2-3-10(11)13/h2-4,8H,5-7H2,1H3,(H,14,17)/t8-/m1/s1. The summed E-state index contributed by atoms with van der Waals surface area (Å²) in [4.78, 5) is 23.1. The third-order valence-electron chi connectivity index (χ3n) is 2.88. The summed E-state index contributed by atoms with van der Waals surface area (Å²) in [5.74, 6) is -1.00. The minimum absolute atomic E-state index is 0.0498. The van der Waals surface area contributed by atoms with Gasteiger partial charge in [-0.15, -0.1) is 0 Å². The van der Waals surface area contributed by atoms with Crippen molar-refractivity contribution in [1.82, 2.24) is 10.2 Å². The van der Waals surface area contributed by atoms with E-state index in [0.717, 1.165) is 18.2 Å². The molecule has 1 aliphatic rings. The summed E-state index contributed by atoms with van der Waals surface area (Å²) < 4.78 is 18.7. The summed E-state index contributed by atoms with van der Waals surface area (Å²) in [5, 5.41) is 13.3. The van der Waals surface area contributed by atoms with Gasteiger partial charge in [0.1, 0.15) is 6.61 Å². The fourth-order valence-corrected chi connectivity index (χ4v) is 2.01. The number of hydrogen-bond acceptors (Lipinski definition) is 5. The maximum atomic E-state index is 13.5. The fraction of sp³-hybridized carbons (Fsp3) is 0.417. The van der Waals surface area contributed by atoms with Gasteiger partial charge in [-0.2, -0.15) is 0 Å². The van der Waals surface area contributed by atoms with Crippen molar-refractivity contribution in [3.63, 3.8) is 0 Å². The predicted octanol–water partition coefficient (Wildman–Crippen LogP) is 0.543. The lowest BCUT2D eigenvalue weighted by Gasteiger charge is -2.30. The molecule has 0 aliphatic carbocycles. The third-order valence-corrected chi connectivity index (χ3v) is 2.88. The maximum Gasteiger partial charge on any atom is 0.273 e. The van der Waals surface area contributed by atoms with E-state index >= 15 is 0 Å². The number of carbonyl (C=O) groups is 1. The molecule has 1 heterocycles.